The van der Waals surface area contributed by atoms with E-state index >= 15 is 0 Å². The number of aryl methyl sites for hydroxylation is 1. The highest BCUT2D eigenvalue weighted by atomic mass is 79.9. The predicted octanol–water partition coefficient (Wildman–Crippen LogP) is 3.87. The minimum Gasteiger partial charge on any atom is -0.397 e. The van der Waals surface area contributed by atoms with Crippen molar-refractivity contribution in [3.8, 4) is 0 Å². The fourth-order valence-electron chi connectivity index (χ4n) is 1.65. The number of nitrogens with two attached hydrogens (primary N) is 1. The number of hydrazone groups is 1. The van der Waals surface area contributed by atoms with Gasteiger partial charge in [-0.25, -0.2) is 5.43 Å². The Bertz CT molecular complexity index is 697. The molecule has 0 fully saturated rings. The van der Waals surface area contributed by atoms with Crippen LogP contribution in [0.25, 0.3) is 0 Å². The third-order valence-corrected chi connectivity index (χ3v) is 3.91. The number of carbonyl (C=O) groups excluding carboxylic acids is 1. The fraction of sp³-hybridized carbons (Fsp3) is 0.0667. The van der Waals surface area contributed by atoms with Crippen LogP contribution in [-0.2, 0) is 0 Å². The maximum absolute atomic E-state index is 12.1. The Hall–Kier alpha value is -1.66. The largest absolute Gasteiger partial charge is 0.397 e. The number of hydrogen-bond donors (Lipinski definition) is 2. The topological polar surface area (TPSA) is 67.5 Å². The van der Waals surface area contributed by atoms with E-state index in [0.29, 0.717) is 15.7 Å². The molecule has 0 aromatic heterocycles. The number of halogens is 2. The van der Waals surface area contributed by atoms with Crippen LogP contribution in [0.4, 0.5) is 5.69 Å². The van der Waals surface area contributed by atoms with Crippen molar-refractivity contribution in [3.05, 3.63) is 62.0 Å². The van der Waals surface area contributed by atoms with Crippen molar-refractivity contribution < 1.29 is 4.79 Å². The number of amides is 1. The summed E-state index contributed by atoms with van der Waals surface area (Å²) in [6, 6.07) is 11.2. The molecule has 0 spiro atoms. The van der Waals surface area contributed by atoms with E-state index in [1.165, 1.54) is 5.56 Å². The van der Waals surface area contributed by atoms with Crippen LogP contribution >= 0.6 is 31.9 Å². The minimum atomic E-state index is -0.363. The van der Waals surface area contributed by atoms with Gasteiger partial charge in [-0.3, -0.25) is 4.79 Å². The molecule has 2 aromatic carbocycles. The lowest BCUT2D eigenvalue weighted by molar-refractivity contribution is 0.0956. The van der Waals surface area contributed by atoms with Crippen molar-refractivity contribution in [3.63, 3.8) is 0 Å². The van der Waals surface area contributed by atoms with E-state index in [1.54, 1.807) is 18.3 Å². The van der Waals surface area contributed by atoms with Gasteiger partial charge < -0.3 is 5.73 Å². The molecule has 0 unspecified atom stereocenters. The van der Waals surface area contributed by atoms with Gasteiger partial charge in [0.1, 0.15) is 0 Å². The van der Waals surface area contributed by atoms with Crippen molar-refractivity contribution >= 4 is 49.7 Å². The third-order valence-electron chi connectivity index (χ3n) is 2.80. The van der Waals surface area contributed by atoms with Crippen LogP contribution in [0.2, 0.25) is 0 Å². The van der Waals surface area contributed by atoms with Gasteiger partial charge in [0.15, 0.2) is 0 Å². The molecule has 0 bridgehead atoms. The smallest absolute Gasteiger partial charge is 0.273 e. The summed E-state index contributed by atoms with van der Waals surface area (Å²) in [6.45, 7) is 2.01. The van der Waals surface area contributed by atoms with Crippen LogP contribution in [0.5, 0.6) is 0 Å². The van der Waals surface area contributed by atoms with Crippen LogP contribution in [0.15, 0.2) is 50.4 Å². The van der Waals surface area contributed by atoms with Crippen LogP contribution in [0, 0.1) is 6.92 Å². The van der Waals surface area contributed by atoms with Gasteiger partial charge in [0.25, 0.3) is 5.91 Å². The zero-order valence-corrected chi connectivity index (χ0v) is 14.4. The molecule has 4 nitrogen and oxygen atoms in total. The minimum absolute atomic E-state index is 0.359. The van der Waals surface area contributed by atoms with Gasteiger partial charge in [0.2, 0.25) is 0 Å². The third kappa shape index (κ3) is 4.15. The van der Waals surface area contributed by atoms with Crippen LogP contribution in [0.1, 0.15) is 21.5 Å². The number of rotatable bonds is 3. The van der Waals surface area contributed by atoms with E-state index < -0.39 is 0 Å². The van der Waals surface area contributed by atoms with Crippen molar-refractivity contribution in [2.24, 2.45) is 5.10 Å². The molecule has 0 heterocycles. The molecule has 6 heteroatoms. The zero-order chi connectivity index (χ0) is 15.4. The number of nitrogens with one attached hydrogen (secondary N) is 1. The molecule has 21 heavy (non-hydrogen) atoms. The van der Waals surface area contributed by atoms with Crippen LogP contribution < -0.4 is 11.2 Å². The first-order chi connectivity index (χ1) is 9.97. The van der Waals surface area contributed by atoms with Crippen molar-refractivity contribution in [1.29, 1.82) is 0 Å². The highest BCUT2D eigenvalue weighted by molar-refractivity contribution is 9.11. The molecule has 2 rings (SSSR count). The Morgan fingerprint density at radius 2 is 1.90 bits per heavy atom. The Balaban J connectivity index is 2.10. The summed E-state index contributed by atoms with van der Waals surface area (Å²) in [5, 5.41) is 3.94. The van der Waals surface area contributed by atoms with E-state index in [4.69, 9.17) is 5.73 Å². The van der Waals surface area contributed by atoms with Gasteiger partial charge >= 0.3 is 0 Å². The number of nitrogens with zero attached hydrogens (tertiary/aromatic N) is 1. The molecular weight excluding hydrogens is 398 g/mol. The van der Waals surface area contributed by atoms with Crippen molar-refractivity contribution in [2.75, 3.05) is 5.73 Å². The van der Waals surface area contributed by atoms with Crippen LogP contribution in [-0.4, -0.2) is 12.1 Å². The Labute approximate surface area is 139 Å². The number of hydrogen-bond acceptors (Lipinski definition) is 3. The second-order valence-corrected chi connectivity index (χ2v) is 6.23. The molecule has 0 radical (unpaired) electrons. The molecule has 1 amide bonds. The number of anilines is 1. The molecule has 0 saturated carbocycles. The average molecular weight is 411 g/mol. The molecule has 0 saturated heterocycles. The van der Waals surface area contributed by atoms with Crippen LogP contribution in [0.3, 0.4) is 0 Å². The lowest BCUT2D eigenvalue weighted by Crippen LogP contribution is -2.19. The van der Waals surface area contributed by atoms with E-state index in [9.17, 15) is 4.79 Å². The maximum Gasteiger partial charge on any atom is 0.273 e. The van der Waals surface area contributed by atoms with E-state index in [-0.39, 0.29) is 5.91 Å². The van der Waals surface area contributed by atoms with Gasteiger partial charge in [-0.15, -0.1) is 0 Å². The predicted molar refractivity (Wildman–Crippen MR) is 92.5 cm³/mol. The first-order valence-electron chi connectivity index (χ1n) is 6.12. The summed E-state index contributed by atoms with van der Waals surface area (Å²) < 4.78 is 1.42. The Morgan fingerprint density at radius 3 is 2.57 bits per heavy atom. The second-order valence-electron chi connectivity index (χ2n) is 4.46. The first kappa shape index (κ1) is 15.7. The zero-order valence-electron chi connectivity index (χ0n) is 11.2. The fourth-order valence-corrected chi connectivity index (χ4v) is 2.88. The molecule has 108 valence electrons. The molecule has 0 aliphatic carbocycles. The van der Waals surface area contributed by atoms with Gasteiger partial charge in [-0.1, -0.05) is 45.8 Å². The summed E-state index contributed by atoms with van der Waals surface area (Å²) >= 11 is 6.63. The number of carbonyl (C=O) groups is 1. The molecule has 0 atom stereocenters. The normalized spacial score (nSPS) is 10.8. The molecule has 3 N–H and O–H groups in total. The Kier molecular flexibility index (Phi) is 5.14. The molecule has 2 aromatic rings. The average Bonchev–Trinajstić information content (AvgIpc) is 2.44. The van der Waals surface area contributed by atoms with Gasteiger partial charge in [-0.05, 0) is 40.5 Å². The van der Waals surface area contributed by atoms with Gasteiger partial charge in [-0.2, -0.15) is 5.10 Å². The maximum atomic E-state index is 12.1. The summed E-state index contributed by atoms with van der Waals surface area (Å²) in [4.78, 5) is 12.1. The monoisotopic (exact) mass is 409 g/mol. The number of nitrogen functional groups attached to an aromatic ring is 1. The van der Waals surface area contributed by atoms with E-state index in [0.717, 1.165) is 10.0 Å². The van der Waals surface area contributed by atoms with E-state index in [1.807, 2.05) is 31.2 Å². The highest BCUT2D eigenvalue weighted by Crippen LogP contribution is 2.28. The molecule has 0 aliphatic heterocycles. The van der Waals surface area contributed by atoms with Gasteiger partial charge in [0, 0.05) is 8.95 Å². The van der Waals surface area contributed by atoms with Crippen molar-refractivity contribution in [2.45, 2.75) is 6.92 Å². The quantitative estimate of drug-likeness (QED) is 0.458. The van der Waals surface area contributed by atoms with E-state index in [2.05, 4.69) is 42.4 Å². The van der Waals surface area contributed by atoms with Gasteiger partial charge in [0.05, 0.1) is 17.5 Å². The Morgan fingerprint density at radius 1 is 1.24 bits per heavy atom. The first-order valence-corrected chi connectivity index (χ1v) is 7.70. The standard InChI is InChI=1S/C15H13Br2N3O/c1-9-2-4-10(5-3-9)8-19-20-15(21)12-6-11(16)7-13(17)14(12)18/h2-8H,18H2,1H3,(H,20,21). The number of benzene rings is 2. The molecule has 0 aliphatic rings. The summed E-state index contributed by atoms with van der Waals surface area (Å²) in [5.74, 6) is -0.363. The second kappa shape index (κ2) is 6.87. The summed E-state index contributed by atoms with van der Waals surface area (Å²) in [7, 11) is 0. The SMILES string of the molecule is Cc1ccc(C=NNC(=O)c2cc(Br)cc(Br)c2N)cc1. The summed E-state index contributed by atoms with van der Waals surface area (Å²) in [6.07, 6.45) is 1.58. The van der Waals surface area contributed by atoms with Crippen molar-refractivity contribution in [1.82, 2.24) is 5.43 Å². The summed E-state index contributed by atoms with van der Waals surface area (Å²) in [5.41, 5.74) is 11.1. The lowest BCUT2D eigenvalue weighted by atomic mass is 10.2. The molecular formula is C15H13Br2N3O. The lowest BCUT2D eigenvalue weighted by Gasteiger charge is -2.07. The highest BCUT2D eigenvalue weighted by Gasteiger charge is 2.12.